The van der Waals surface area contributed by atoms with E-state index in [1.54, 1.807) is 27.2 Å². The van der Waals surface area contributed by atoms with Gasteiger partial charge in [-0.05, 0) is 51.8 Å². The van der Waals surface area contributed by atoms with Crippen LogP contribution in [0.25, 0.3) is 10.8 Å². The van der Waals surface area contributed by atoms with Crippen molar-refractivity contribution in [2.24, 2.45) is 5.10 Å². The lowest BCUT2D eigenvalue weighted by molar-refractivity contribution is -0.121. The summed E-state index contributed by atoms with van der Waals surface area (Å²) in [6.07, 6.45) is 1.53. The molecule has 0 aromatic heterocycles. The second kappa shape index (κ2) is 9.43. The van der Waals surface area contributed by atoms with Gasteiger partial charge in [0, 0.05) is 17.3 Å². The van der Waals surface area contributed by atoms with Crippen molar-refractivity contribution in [2.75, 3.05) is 19.5 Å². The second-order valence-electron chi connectivity index (χ2n) is 6.39. The Morgan fingerprint density at radius 2 is 1.76 bits per heavy atom. The first-order valence-corrected chi connectivity index (χ1v) is 9.81. The number of hydrogen-bond donors (Lipinski definition) is 2. The minimum atomic E-state index is -0.460. The van der Waals surface area contributed by atoms with E-state index in [1.165, 1.54) is 6.21 Å². The first-order valence-electron chi connectivity index (χ1n) is 9.01. The van der Waals surface area contributed by atoms with Crippen molar-refractivity contribution < 1.29 is 14.3 Å². The van der Waals surface area contributed by atoms with Gasteiger partial charge in [-0.1, -0.05) is 30.3 Å². The highest BCUT2D eigenvalue weighted by Gasteiger charge is 2.12. The van der Waals surface area contributed by atoms with Crippen molar-refractivity contribution in [3.05, 3.63) is 64.6 Å². The standard InChI is InChI=1S/C22H22BrN3O3/c1-14(25-18-9-8-15-6-4-5-7-16(15)10-18)22(27)26-24-13-17-11-19(23)21(29-3)12-20(17)28-2/h4-14,25H,1-3H3,(H,26,27). The molecule has 0 radical (unpaired) electrons. The van der Waals surface area contributed by atoms with Crippen molar-refractivity contribution in [3.8, 4) is 11.5 Å². The van der Waals surface area contributed by atoms with Crippen molar-refractivity contribution in [3.63, 3.8) is 0 Å². The third-order valence-electron chi connectivity index (χ3n) is 4.41. The van der Waals surface area contributed by atoms with E-state index in [9.17, 15) is 4.79 Å². The Morgan fingerprint density at radius 3 is 2.48 bits per heavy atom. The van der Waals surface area contributed by atoms with Crippen LogP contribution in [0.1, 0.15) is 12.5 Å². The van der Waals surface area contributed by atoms with E-state index in [1.807, 2.05) is 42.5 Å². The fraction of sp³-hybridized carbons (Fsp3) is 0.182. The number of halogens is 1. The highest BCUT2D eigenvalue weighted by atomic mass is 79.9. The summed E-state index contributed by atoms with van der Waals surface area (Å²) >= 11 is 3.43. The van der Waals surface area contributed by atoms with Crippen LogP contribution in [0, 0.1) is 0 Å². The molecule has 3 rings (SSSR count). The van der Waals surface area contributed by atoms with Crippen LogP contribution in [0.5, 0.6) is 11.5 Å². The molecule has 0 saturated carbocycles. The molecule has 0 aliphatic rings. The number of ether oxygens (including phenoxy) is 2. The smallest absolute Gasteiger partial charge is 0.262 e. The number of fused-ring (bicyclic) bond motifs is 1. The number of methoxy groups -OCH3 is 2. The molecule has 0 fully saturated rings. The molecule has 3 aromatic rings. The zero-order valence-electron chi connectivity index (χ0n) is 16.4. The van der Waals surface area contributed by atoms with Crippen LogP contribution < -0.4 is 20.2 Å². The van der Waals surface area contributed by atoms with Crippen LogP contribution in [0.2, 0.25) is 0 Å². The van der Waals surface area contributed by atoms with Gasteiger partial charge in [-0.15, -0.1) is 0 Å². The van der Waals surface area contributed by atoms with Gasteiger partial charge in [0.2, 0.25) is 0 Å². The number of rotatable bonds is 7. The molecule has 0 spiro atoms. The number of hydrazone groups is 1. The van der Waals surface area contributed by atoms with Gasteiger partial charge in [-0.25, -0.2) is 5.43 Å². The lowest BCUT2D eigenvalue weighted by atomic mass is 10.1. The molecule has 6 nitrogen and oxygen atoms in total. The molecule has 7 heteroatoms. The zero-order chi connectivity index (χ0) is 20.8. The van der Waals surface area contributed by atoms with E-state index in [0.29, 0.717) is 17.1 Å². The van der Waals surface area contributed by atoms with Gasteiger partial charge < -0.3 is 14.8 Å². The van der Waals surface area contributed by atoms with E-state index in [4.69, 9.17) is 9.47 Å². The van der Waals surface area contributed by atoms with Crippen LogP contribution in [-0.4, -0.2) is 32.4 Å². The van der Waals surface area contributed by atoms with Crippen molar-refractivity contribution in [2.45, 2.75) is 13.0 Å². The molecule has 150 valence electrons. The van der Waals surface area contributed by atoms with Gasteiger partial charge in [-0.3, -0.25) is 4.79 Å². The molecular weight excluding hydrogens is 434 g/mol. The summed E-state index contributed by atoms with van der Waals surface area (Å²) in [6, 6.07) is 17.2. The lowest BCUT2D eigenvalue weighted by Crippen LogP contribution is -2.34. The molecule has 2 N–H and O–H groups in total. The van der Waals surface area contributed by atoms with E-state index < -0.39 is 6.04 Å². The van der Waals surface area contributed by atoms with Gasteiger partial charge in [-0.2, -0.15) is 5.10 Å². The number of carbonyl (C=O) groups is 1. The molecule has 29 heavy (non-hydrogen) atoms. The molecule has 0 aliphatic heterocycles. The molecule has 3 aromatic carbocycles. The van der Waals surface area contributed by atoms with Gasteiger partial charge in [0.25, 0.3) is 5.91 Å². The minimum absolute atomic E-state index is 0.249. The number of hydrogen-bond acceptors (Lipinski definition) is 5. The average Bonchev–Trinajstić information content (AvgIpc) is 2.73. The van der Waals surface area contributed by atoms with Crippen LogP contribution in [-0.2, 0) is 4.79 Å². The van der Waals surface area contributed by atoms with E-state index in [0.717, 1.165) is 20.9 Å². The largest absolute Gasteiger partial charge is 0.496 e. The van der Waals surface area contributed by atoms with Gasteiger partial charge in [0.05, 0.1) is 24.9 Å². The molecule has 0 saturated heterocycles. The molecular formula is C22H22BrN3O3. The number of anilines is 1. The van der Waals surface area contributed by atoms with Gasteiger partial charge >= 0.3 is 0 Å². The van der Waals surface area contributed by atoms with E-state index in [2.05, 4.69) is 37.8 Å². The number of nitrogens with zero attached hydrogens (tertiary/aromatic N) is 1. The van der Waals surface area contributed by atoms with Crippen LogP contribution in [0.4, 0.5) is 5.69 Å². The molecule has 0 heterocycles. The Morgan fingerprint density at radius 1 is 1.03 bits per heavy atom. The third-order valence-corrected chi connectivity index (χ3v) is 5.03. The molecule has 1 unspecified atom stereocenters. The summed E-state index contributed by atoms with van der Waals surface area (Å²) in [5, 5.41) is 9.51. The Hall–Kier alpha value is -3.06. The summed E-state index contributed by atoms with van der Waals surface area (Å²) in [6.45, 7) is 1.78. The summed E-state index contributed by atoms with van der Waals surface area (Å²) in [7, 11) is 3.14. The SMILES string of the molecule is COc1cc(OC)c(C=NNC(=O)C(C)Nc2ccc3ccccc3c2)cc1Br. The maximum absolute atomic E-state index is 12.4. The van der Waals surface area contributed by atoms with Crippen LogP contribution in [0.15, 0.2) is 64.2 Å². The molecule has 0 aliphatic carbocycles. The first kappa shape index (κ1) is 20.7. The highest BCUT2D eigenvalue weighted by Crippen LogP contribution is 2.31. The maximum Gasteiger partial charge on any atom is 0.262 e. The van der Waals surface area contributed by atoms with Crippen molar-refractivity contribution in [1.29, 1.82) is 0 Å². The predicted molar refractivity (Wildman–Crippen MR) is 120 cm³/mol. The van der Waals surface area contributed by atoms with Crippen LogP contribution >= 0.6 is 15.9 Å². The van der Waals surface area contributed by atoms with E-state index >= 15 is 0 Å². The summed E-state index contributed by atoms with van der Waals surface area (Å²) in [4.78, 5) is 12.4. The minimum Gasteiger partial charge on any atom is -0.496 e. The quantitative estimate of drug-likeness (QED) is 0.404. The van der Waals surface area contributed by atoms with E-state index in [-0.39, 0.29) is 5.91 Å². The number of nitrogens with one attached hydrogen (secondary N) is 2. The predicted octanol–water partition coefficient (Wildman–Crippen LogP) is 4.57. The third kappa shape index (κ3) is 5.06. The second-order valence-corrected chi connectivity index (χ2v) is 7.25. The fourth-order valence-corrected chi connectivity index (χ4v) is 3.36. The monoisotopic (exact) mass is 455 g/mol. The molecule has 0 bridgehead atoms. The Kier molecular flexibility index (Phi) is 6.72. The maximum atomic E-state index is 12.4. The lowest BCUT2D eigenvalue weighted by Gasteiger charge is -2.14. The zero-order valence-corrected chi connectivity index (χ0v) is 18.0. The molecule has 1 amide bonds. The Labute approximate surface area is 178 Å². The highest BCUT2D eigenvalue weighted by molar-refractivity contribution is 9.10. The Bertz CT molecular complexity index is 1050. The van der Waals surface area contributed by atoms with Crippen molar-refractivity contribution >= 4 is 44.5 Å². The van der Waals surface area contributed by atoms with Gasteiger partial charge in [0.15, 0.2) is 0 Å². The summed E-state index contributed by atoms with van der Waals surface area (Å²) in [5.41, 5.74) is 4.13. The fourth-order valence-electron chi connectivity index (χ4n) is 2.84. The molecule has 1 atom stereocenters. The van der Waals surface area contributed by atoms with Crippen LogP contribution in [0.3, 0.4) is 0 Å². The van der Waals surface area contributed by atoms with Crippen molar-refractivity contribution in [1.82, 2.24) is 5.43 Å². The van der Waals surface area contributed by atoms with Gasteiger partial charge in [0.1, 0.15) is 17.5 Å². The Balaban J connectivity index is 1.64. The number of amides is 1. The summed E-state index contributed by atoms with van der Waals surface area (Å²) in [5.74, 6) is 0.989. The number of carbonyl (C=O) groups excluding carboxylic acids is 1. The average molecular weight is 456 g/mol. The first-order chi connectivity index (χ1) is 14.0. The topological polar surface area (TPSA) is 72.0 Å². The number of benzene rings is 3. The summed E-state index contributed by atoms with van der Waals surface area (Å²) < 4.78 is 11.4. The normalized spacial score (nSPS) is 12.0.